The van der Waals surface area contributed by atoms with Crippen LogP contribution in [0.5, 0.6) is 0 Å². The molecule has 11 heavy (non-hydrogen) atoms. The Balaban J connectivity index is 2.09. The summed E-state index contributed by atoms with van der Waals surface area (Å²) in [4.78, 5) is 12.1. The molecule has 1 fully saturated rings. The Morgan fingerprint density at radius 1 is 1.45 bits per heavy atom. The Bertz CT molecular complexity index is 130. The molecule has 1 rings (SSSR count). The molecule has 64 valence electrons. The second-order valence-corrected chi connectivity index (χ2v) is 3.06. The largest absolute Gasteiger partial charge is 0.370 e. The van der Waals surface area contributed by atoms with Gasteiger partial charge < -0.3 is 9.64 Å². The highest BCUT2D eigenvalue weighted by Crippen LogP contribution is 1.78. The Hall–Kier alpha value is -0.410. The molecule has 1 heterocycles. The van der Waals surface area contributed by atoms with Gasteiger partial charge in [0.05, 0.1) is 26.2 Å². The van der Waals surface area contributed by atoms with Crippen molar-refractivity contribution in [3.05, 3.63) is 0 Å². The van der Waals surface area contributed by atoms with E-state index in [2.05, 4.69) is 0 Å². The van der Waals surface area contributed by atoms with Crippen LogP contribution in [0.3, 0.4) is 0 Å². The highest BCUT2D eigenvalue weighted by Gasteiger charge is 2.13. The molecular weight excluding hydrogens is 142 g/mol. The van der Waals surface area contributed by atoms with Crippen LogP contribution in [-0.4, -0.2) is 38.6 Å². The lowest BCUT2D eigenvalue weighted by atomic mass is 10.3. The third kappa shape index (κ3) is 3.49. The van der Waals surface area contributed by atoms with Crippen molar-refractivity contribution in [1.82, 2.24) is 0 Å². The number of ether oxygens (including phenoxy) is 1. The fraction of sp³-hybridized carbons (Fsp3) is 0.875. The van der Waals surface area contributed by atoms with Gasteiger partial charge in [0.2, 0.25) is 0 Å². The molecule has 3 heteroatoms. The van der Waals surface area contributed by atoms with Crippen molar-refractivity contribution in [2.24, 2.45) is 0 Å². The molecule has 0 amide bonds. The number of hydrogen-bond acceptors (Lipinski definition) is 2. The summed E-state index contributed by atoms with van der Waals surface area (Å²) in [6.45, 7) is 6.47. The number of carbonyl (C=O) groups excluding carboxylic acids is 1. The first-order chi connectivity index (χ1) is 5.29. The van der Waals surface area contributed by atoms with E-state index in [4.69, 9.17) is 4.74 Å². The van der Waals surface area contributed by atoms with Crippen LogP contribution in [0.2, 0.25) is 0 Å². The first-order valence-electron chi connectivity index (χ1n) is 4.20. The van der Waals surface area contributed by atoms with Crippen LogP contribution in [0.25, 0.3) is 0 Å². The van der Waals surface area contributed by atoms with Crippen LogP contribution in [0, 0.1) is 0 Å². The van der Waals surface area contributed by atoms with Crippen molar-refractivity contribution in [3.63, 3.8) is 0 Å². The summed E-state index contributed by atoms with van der Waals surface area (Å²) < 4.78 is 5.20. The third-order valence-electron chi connectivity index (χ3n) is 2.03. The summed E-state index contributed by atoms with van der Waals surface area (Å²) in [5, 5.41) is 0. The number of Topliss-reactive ketones (excluding diaryl/α,β-unsaturated/α-hetero) is 1. The number of morpholine rings is 1. The lowest BCUT2D eigenvalue weighted by Crippen LogP contribution is -3.14. The molecule has 1 aliphatic heterocycles. The van der Waals surface area contributed by atoms with Gasteiger partial charge in [-0.05, 0) is 6.92 Å². The number of carbonyl (C=O) groups is 1. The number of nitrogens with one attached hydrogen (secondary N) is 1. The molecule has 0 aliphatic carbocycles. The van der Waals surface area contributed by atoms with Crippen molar-refractivity contribution in [3.8, 4) is 0 Å². The Morgan fingerprint density at radius 2 is 2.09 bits per heavy atom. The van der Waals surface area contributed by atoms with E-state index in [1.165, 1.54) is 4.90 Å². The Morgan fingerprint density at radius 3 is 2.64 bits per heavy atom. The number of quaternary nitrogens is 1. The summed E-state index contributed by atoms with van der Waals surface area (Å²) >= 11 is 0. The standard InChI is InChI=1S/C8H15NO2/c1-8(10)2-3-9-4-6-11-7-5-9/h2-7H2,1H3/p+1. The highest BCUT2D eigenvalue weighted by atomic mass is 16.5. The maximum Gasteiger partial charge on any atom is 0.135 e. The molecule has 1 N–H and O–H groups in total. The van der Waals surface area contributed by atoms with E-state index in [-0.39, 0.29) is 0 Å². The molecule has 0 aromatic carbocycles. The van der Waals surface area contributed by atoms with E-state index in [1.54, 1.807) is 6.92 Å². The maximum absolute atomic E-state index is 10.6. The van der Waals surface area contributed by atoms with Gasteiger partial charge in [0.1, 0.15) is 18.9 Å². The van der Waals surface area contributed by atoms with E-state index in [0.29, 0.717) is 5.78 Å². The van der Waals surface area contributed by atoms with Crippen LogP contribution in [0.4, 0.5) is 0 Å². The second-order valence-electron chi connectivity index (χ2n) is 3.06. The summed E-state index contributed by atoms with van der Waals surface area (Å²) in [5.74, 6) is 0.295. The summed E-state index contributed by atoms with van der Waals surface area (Å²) in [7, 11) is 0. The number of ketones is 1. The zero-order chi connectivity index (χ0) is 8.10. The quantitative estimate of drug-likeness (QED) is 0.564. The van der Waals surface area contributed by atoms with Gasteiger partial charge in [0, 0.05) is 0 Å². The minimum atomic E-state index is 0.295. The van der Waals surface area contributed by atoms with Crippen LogP contribution >= 0.6 is 0 Å². The van der Waals surface area contributed by atoms with Gasteiger partial charge in [-0.25, -0.2) is 0 Å². The molecule has 0 unspecified atom stereocenters. The fourth-order valence-electron chi connectivity index (χ4n) is 1.26. The van der Waals surface area contributed by atoms with E-state index in [1.807, 2.05) is 0 Å². The van der Waals surface area contributed by atoms with E-state index >= 15 is 0 Å². The Kier molecular flexibility index (Phi) is 3.52. The monoisotopic (exact) mass is 158 g/mol. The molecule has 3 nitrogen and oxygen atoms in total. The van der Waals surface area contributed by atoms with E-state index in [0.717, 1.165) is 39.3 Å². The first-order valence-corrected chi connectivity index (χ1v) is 4.20. The second kappa shape index (κ2) is 4.46. The predicted molar refractivity (Wildman–Crippen MR) is 41.7 cm³/mol. The van der Waals surface area contributed by atoms with Gasteiger partial charge >= 0.3 is 0 Å². The first kappa shape index (κ1) is 8.68. The number of hydrogen-bond donors (Lipinski definition) is 1. The van der Waals surface area contributed by atoms with Gasteiger partial charge in [-0.1, -0.05) is 0 Å². The molecule has 1 aliphatic rings. The molecule has 1 saturated heterocycles. The molecular formula is C8H16NO2+. The molecule has 0 aromatic rings. The molecule has 0 saturated carbocycles. The van der Waals surface area contributed by atoms with Gasteiger partial charge in [-0.3, -0.25) is 4.79 Å². The third-order valence-corrected chi connectivity index (χ3v) is 2.03. The van der Waals surface area contributed by atoms with E-state index in [9.17, 15) is 4.79 Å². The molecule has 0 radical (unpaired) electrons. The minimum Gasteiger partial charge on any atom is -0.370 e. The van der Waals surface area contributed by atoms with Crippen LogP contribution < -0.4 is 4.90 Å². The lowest BCUT2D eigenvalue weighted by Gasteiger charge is -2.23. The lowest BCUT2D eigenvalue weighted by molar-refractivity contribution is -0.907. The molecule has 0 bridgehead atoms. The van der Waals surface area contributed by atoms with Crippen molar-refractivity contribution < 1.29 is 14.4 Å². The molecule has 0 aromatic heterocycles. The van der Waals surface area contributed by atoms with E-state index < -0.39 is 0 Å². The van der Waals surface area contributed by atoms with Crippen LogP contribution in [0.1, 0.15) is 13.3 Å². The Labute approximate surface area is 67.3 Å². The average Bonchev–Trinajstić information content (AvgIpc) is 2.03. The van der Waals surface area contributed by atoms with Gasteiger partial charge in [-0.2, -0.15) is 0 Å². The van der Waals surface area contributed by atoms with Gasteiger partial charge in [-0.15, -0.1) is 0 Å². The van der Waals surface area contributed by atoms with Crippen molar-refractivity contribution in [2.45, 2.75) is 13.3 Å². The van der Waals surface area contributed by atoms with Crippen LogP contribution in [0.15, 0.2) is 0 Å². The van der Waals surface area contributed by atoms with Gasteiger partial charge in [0.15, 0.2) is 0 Å². The number of rotatable bonds is 3. The fourth-order valence-corrected chi connectivity index (χ4v) is 1.26. The highest BCUT2D eigenvalue weighted by molar-refractivity contribution is 5.75. The molecule has 0 atom stereocenters. The normalized spacial score (nSPS) is 20.1. The topological polar surface area (TPSA) is 30.7 Å². The van der Waals surface area contributed by atoms with Gasteiger partial charge in [0.25, 0.3) is 0 Å². The minimum absolute atomic E-state index is 0.295. The maximum atomic E-state index is 10.6. The molecule has 0 spiro atoms. The van der Waals surface area contributed by atoms with Crippen molar-refractivity contribution >= 4 is 5.78 Å². The zero-order valence-electron chi connectivity index (χ0n) is 7.06. The van der Waals surface area contributed by atoms with Crippen LogP contribution in [-0.2, 0) is 9.53 Å². The van der Waals surface area contributed by atoms with Crippen molar-refractivity contribution in [2.75, 3.05) is 32.8 Å². The summed E-state index contributed by atoms with van der Waals surface area (Å²) in [5.41, 5.74) is 0. The smallest absolute Gasteiger partial charge is 0.135 e. The predicted octanol–water partition coefficient (Wildman–Crippen LogP) is -1.12. The van der Waals surface area contributed by atoms with Crippen molar-refractivity contribution in [1.29, 1.82) is 0 Å². The summed E-state index contributed by atoms with van der Waals surface area (Å²) in [6, 6.07) is 0. The average molecular weight is 158 g/mol. The zero-order valence-corrected chi connectivity index (χ0v) is 7.06. The SMILES string of the molecule is CC(=O)CC[NH+]1CCOCC1. The summed E-state index contributed by atoms with van der Waals surface area (Å²) in [6.07, 6.45) is 0.718.